The number of rotatable bonds is 5. The second-order valence-electron chi connectivity index (χ2n) is 7.30. The summed E-state index contributed by atoms with van der Waals surface area (Å²) in [5.74, 6) is 0.718. The van der Waals surface area contributed by atoms with E-state index >= 15 is 0 Å². The highest BCUT2D eigenvalue weighted by molar-refractivity contribution is 6.31. The lowest BCUT2D eigenvalue weighted by molar-refractivity contribution is 0.0384. The van der Waals surface area contributed by atoms with Gasteiger partial charge in [-0.2, -0.15) is 0 Å². The van der Waals surface area contributed by atoms with E-state index in [0.717, 1.165) is 61.6 Å². The number of benzene rings is 2. The quantitative estimate of drug-likeness (QED) is 0.630. The van der Waals surface area contributed by atoms with E-state index in [2.05, 4.69) is 4.90 Å². The highest BCUT2D eigenvalue weighted by atomic mass is 35.5. The molecule has 0 bridgehead atoms. The predicted octanol–water partition coefficient (Wildman–Crippen LogP) is 4.17. The summed E-state index contributed by atoms with van der Waals surface area (Å²) in [7, 11) is 1.66. The zero-order chi connectivity index (χ0) is 20.4. The number of hydrogen-bond donors (Lipinski definition) is 0. The first-order valence-corrected chi connectivity index (χ1v) is 10.2. The first-order chi connectivity index (χ1) is 14.1. The summed E-state index contributed by atoms with van der Waals surface area (Å²) in [5, 5.41) is 1.62. The van der Waals surface area contributed by atoms with Crippen molar-refractivity contribution in [2.45, 2.75) is 13.3 Å². The van der Waals surface area contributed by atoms with Gasteiger partial charge in [0, 0.05) is 41.3 Å². The molecule has 0 aliphatic carbocycles. The summed E-state index contributed by atoms with van der Waals surface area (Å²) < 4.78 is 12.7. The van der Waals surface area contributed by atoms with Crippen LogP contribution in [0.5, 0.6) is 5.75 Å². The Morgan fingerprint density at radius 1 is 1.17 bits per heavy atom. The third-order valence-electron chi connectivity index (χ3n) is 5.60. The first-order valence-electron chi connectivity index (χ1n) is 9.87. The molecule has 1 aromatic heterocycles. The summed E-state index contributed by atoms with van der Waals surface area (Å²) >= 11 is 6.12. The first kappa shape index (κ1) is 20.0. The van der Waals surface area contributed by atoms with Crippen LogP contribution in [0.2, 0.25) is 5.02 Å². The molecule has 1 saturated heterocycles. The zero-order valence-corrected chi connectivity index (χ0v) is 17.5. The van der Waals surface area contributed by atoms with Gasteiger partial charge in [-0.05, 0) is 55.3 Å². The summed E-state index contributed by atoms with van der Waals surface area (Å²) in [5.41, 5.74) is 3.62. The Morgan fingerprint density at radius 2 is 1.97 bits per heavy atom. The van der Waals surface area contributed by atoms with Crippen LogP contribution in [-0.2, 0) is 11.2 Å². The Hall–Kier alpha value is -2.34. The zero-order valence-electron chi connectivity index (χ0n) is 16.8. The smallest absolute Gasteiger partial charge is 0.262 e. The number of hydrogen-bond acceptors (Lipinski definition) is 4. The fraction of sp³-hybridized carbons (Fsp3) is 0.348. The fourth-order valence-electron chi connectivity index (χ4n) is 4.01. The van der Waals surface area contributed by atoms with Gasteiger partial charge < -0.3 is 9.47 Å². The number of carbonyl (C=O) groups excluding carboxylic acids is 1. The van der Waals surface area contributed by atoms with Crippen molar-refractivity contribution in [2.75, 3.05) is 40.0 Å². The molecule has 29 heavy (non-hydrogen) atoms. The van der Waals surface area contributed by atoms with Gasteiger partial charge >= 0.3 is 0 Å². The minimum atomic E-state index is -0.0715. The maximum Gasteiger partial charge on any atom is 0.262 e. The summed E-state index contributed by atoms with van der Waals surface area (Å²) in [6, 6.07) is 13.0. The lowest BCUT2D eigenvalue weighted by atomic mass is 10.1. The molecule has 0 N–H and O–H groups in total. The van der Waals surface area contributed by atoms with Crippen molar-refractivity contribution in [1.82, 2.24) is 9.47 Å². The molecule has 4 rings (SSSR count). The fourth-order valence-corrected chi connectivity index (χ4v) is 4.20. The van der Waals surface area contributed by atoms with Crippen molar-refractivity contribution in [3.05, 3.63) is 64.3 Å². The molecule has 152 valence electrons. The molecular weight excluding hydrogens is 388 g/mol. The second-order valence-corrected chi connectivity index (χ2v) is 7.74. The number of morpholine rings is 1. The van der Waals surface area contributed by atoms with Crippen molar-refractivity contribution in [1.29, 1.82) is 0 Å². The van der Waals surface area contributed by atoms with Crippen molar-refractivity contribution in [3.8, 4) is 5.75 Å². The third kappa shape index (κ3) is 4.04. The maximum absolute atomic E-state index is 13.4. The number of carbonyl (C=O) groups is 1. The number of halogens is 1. The molecule has 1 fully saturated rings. The Kier molecular flexibility index (Phi) is 5.90. The van der Waals surface area contributed by atoms with E-state index in [1.165, 1.54) is 5.56 Å². The van der Waals surface area contributed by atoms with Crippen LogP contribution in [0, 0.1) is 6.92 Å². The molecule has 2 aromatic carbocycles. The summed E-state index contributed by atoms with van der Waals surface area (Å²) in [6.45, 7) is 6.41. The van der Waals surface area contributed by atoms with Gasteiger partial charge in [0.15, 0.2) is 0 Å². The Labute approximate surface area is 175 Å². The lowest BCUT2D eigenvalue weighted by Crippen LogP contribution is -2.37. The van der Waals surface area contributed by atoms with Crippen LogP contribution >= 0.6 is 11.6 Å². The van der Waals surface area contributed by atoms with Crippen LogP contribution in [0.3, 0.4) is 0 Å². The number of ether oxygens (including phenoxy) is 2. The number of methoxy groups -OCH3 is 1. The Morgan fingerprint density at radius 3 is 2.69 bits per heavy atom. The predicted molar refractivity (Wildman–Crippen MR) is 115 cm³/mol. The van der Waals surface area contributed by atoms with Gasteiger partial charge in [0.05, 0.1) is 25.8 Å². The number of aromatic nitrogens is 1. The van der Waals surface area contributed by atoms with Gasteiger partial charge in [-0.3, -0.25) is 14.3 Å². The monoisotopic (exact) mass is 412 g/mol. The van der Waals surface area contributed by atoms with E-state index in [-0.39, 0.29) is 5.91 Å². The van der Waals surface area contributed by atoms with Crippen LogP contribution in [0.15, 0.2) is 42.5 Å². The SMILES string of the molecule is COc1ccc2c(c1)c(CCN1CCOCC1)c(C)n2C(=O)c1cccc(Cl)c1. The molecule has 0 atom stereocenters. The molecule has 0 saturated carbocycles. The van der Waals surface area contributed by atoms with Crippen LogP contribution in [-0.4, -0.2) is 55.3 Å². The summed E-state index contributed by atoms with van der Waals surface area (Å²) in [6.07, 6.45) is 0.866. The van der Waals surface area contributed by atoms with Crippen LogP contribution < -0.4 is 4.74 Å². The van der Waals surface area contributed by atoms with E-state index in [9.17, 15) is 4.79 Å². The second kappa shape index (κ2) is 8.57. The largest absolute Gasteiger partial charge is 0.497 e. The van der Waals surface area contributed by atoms with Crippen LogP contribution in [0.25, 0.3) is 10.9 Å². The molecule has 5 nitrogen and oxygen atoms in total. The van der Waals surface area contributed by atoms with Gasteiger partial charge in [-0.15, -0.1) is 0 Å². The van der Waals surface area contributed by atoms with Crippen LogP contribution in [0.1, 0.15) is 21.6 Å². The molecule has 0 unspecified atom stereocenters. The minimum absolute atomic E-state index is 0.0715. The van der Waals surface area contributed by atoms with Gasteiger partial charge in [-0.1, -0.05) is 17.7 Å². The topological polar surface area (TPSA) is 43.7 Å². The molecule has 1 aliphatic heterocycles. The van der Waals surface area contributed by atoms with E-state index in [4.69, 9.17) is 21.1 Å². The lowest BCUT2D eigenvalue weighted by Gasteiger charge is -2.26. The van der Waals surface area contributed by atoms with Gasteiger partial charge in [-0.25, -0.2) is 0 Å². The van der Waals surface area contributed by atoms with Crippen molar-refractivity contribution in [3.63, 3.8) is 0 Å². The maximum atomic E-state index is 13.4. The average molecular weight is 413 g/mol. The third-order valence-corrected chi connectivity index (χ3v) is 5.83. The highest BCUT2D eigenvalue weighted by Crippen LogP contribution is 2.31. The van der Waals surface area contributed by atoms with E-state index in [1.54, 1.807) is 35.9 Å². The molecule has 0 spiro atoms. The molecule has 3 aromatic rings. The van der Waals surface area contributed by atoms with Gasteiger partial charge in [0.2, 0.25) is 0 Å². The number of nitrogens with zero attached hydrogens (tertiary/aromatic N) is 2. The van der Waals surface area contributed by atoms with E-state index < -0.39 is 0 Å². The van der Waals surface area contributed by atoms with Crippen LogP contribution in [0.4, 0.5) is 0 Å². The molecule has 6 heteroatoms. The minimum Gasteiger partial charge on any atom is -0.497 e. The summed E-state index contributed by atoms with van der Waals surface area (Å²) in [4.78, 5) is 15.8. The Bertz CT molecular complexity index is 1040. The molecule has 0 amide bonds. The van der Waals surface area contributed by atoms with Crippen molar-refractivity contribution >= 4 is 28.4 Å². The van der Waals surface area contributed by atoms with Gasteiger partial charge in [0.25, 0.3) is 5.91 Å². The molecule has 1 aliphatic rings. The molecule has 2 heterocycles. The van der Waals surface area contributed by atoms with Crippen molar-refractivity contribution < 1.29 is 14.3 Å². The standard InChI is InChI=1S/C23H25ClN2O3/c1-16-20(8-9-25-10-12-29-13-11-25)21-15-19(28-2)6-7-22(21)26(16)23(27)17-4-3-5-18(24)14-17/h3-7,14-15H,8-13H2,1-2H3. The Balaban J connectivity index is 1.75. The van der Waals surface area contributed by atoms with E-state index in [0.29, 0.717) is 10.6 Å². The normalized spacial score (nSPS) is 15.0. The highest BCUT2D eigenvalue weighted by Gasteiger charge is 2.21. The average Bonchev–Trinajstić information content (AvgIpc) is 3.02. The van der Waals surface area contributed by atoms with Gasteiger partial charge in [0.1, 0.15) is 5.75 Å². The number of fused-ring (bicyclic) bond motifs is 1. The van der Waals surface area contributed by atoms with Crippen molar-refractivity contribution in [2.24, 2.45) is 0 Å². The molecule has 0 radical (unpaired) electrons. The van der Waals surface area contributed by atoms with E-state index in [1.807, 2.05) is 25.1 Å². The molecular formula is C23H25ClN2O3.